The molecule has 2 aliphatic heterocycles. The molecule has 3 heterocycles. The van der Waals surface area contributed by atoms with Crippen LogP contribution in [0.4, 0.5) is 10.6 Å². The van der Waals surface area contributed by atoms with Crippen molar-refractivity contribution in [3.05, 3.63) is 18.3 Å². The number of ether oxygens (including phenoxy) is 2. The zero-order chi connectivity index (χ0) is 23.1. The van der Waals surface area contributed by atoms with Crippen LogP contribution >= 0.6 is 0 Å². The first kappa shape index (κ1) is 23.8. The molecule has 1 unspecified atom stereocenters. The molecule has 1 atom stereocenters. The van der Waals surface area contributed by atoms with Crippen LogP contribution in [0.25, 0.3) is 0 Å². The second kappa shape index (κ2) is 10.6. The third-order valence-corrected chi connectivity index (χ3v) is 5.20. The Balaban J connectivity index is 1.35. The Morgan fingerprint density at radius 3 is 2.59 bits per heavy atom. The Morgan fingerprint density at radius 2 is 1.97 bits per heavy atom. The zero-order valence-electron chi connectivity index (χ0n) is 19.1. The van der Waals surface area contributed by atoms with Gasteiger partial charge in [-0.25, -0.2) is 9.78 Å². The summed E-state index contributed by atoms with van der Waals surface area (Å²) in [5.74, 6) is 0.718. The standard InChI is InChI=1S/C22H33N5O5/c1-22(2,3)32-21(30)23-9-4-10-26-11-13-27(14-12-26)18-7-5-16(15-24-18)31-17-6-8-19(28)25-20(17)29/h5,7,15,17H,4,6,8-14H2,1-3H3,(H,23,30)(H,25,28,29). The SMILES string of the molecule is CC(C)(C)OC(=O)NCCCN1CCN(c2ccc(OC3CCC(=O)NC3=O)cn2)CC1. The number of rotatable bonds is 7. The molecule has 1 aromatic rings. The maximum Gasteiger partial charge on any atom is 0.407 e. The Hall–Kier alpha value is -2.88. The molecule has 3 rings (SSSR count). The summed E-state index contributed by atoms with van der Waals surface area (Å²) in [6, 6.07) is 3.70. The second-order valence-electron chi connectivity index (χ2n) is 9.02. The first-order valence-electron chi connectivity index (χ1n) is 11.1. The average molecular weight is 448 g/mol. The van der Waals surface area contributed by atoms with E-state index in [2.05, 4.69) is 25.4 Å². The fourth-order valence-electron chi connectivity index (χ4n) is 3.59. The van der Waals surface area contributed by atoms with Crippen molar-refractivity contribution in [3.63, 3.8) is 0 Å². The van der Waals surface area contributed by atoms with Crippen molar-refractivity contribution in [2.75, 3.05) is 44.2 Å². The summed E-state index contributed by atoms with van der Waals surface area (Å²) in [6.07, 6.45) is 2.11. The highest BCUT2D eigenvalue weighted by Crippen LogP contribution is 2.20. The Bertz CT molecular complexity index is 800. The molecule has 10 heteroatoms. The number of carbonyl (C=O) groups is 3. The molecule has 10 nitrogen and oxygen atoms in total. The fourth-order valence-corrected chi connectivity index (χ4v) is 3.59. The summed E-state index contributed by atoms with van der Waals surface area (Å²) >= 11 is 0. The van der Waals surface area contributed by atoms with E-state index in [0.717, 1.165) is 45.0 Å². The maximum absolute atomic E-state index is 11.8. The third-order valence-electron chi connectivity index (χ3n) is 5.20. The molecule has 0 radical (unpaired) electrons. The van der Waals surface area contributed by atoms with Gasteiger partial charge >= 0.3 is 6.09 Å². The van der Waals surface area contributed by atoms with Crippen molar-refractivity contribution in [1.29, 1.82) is 0 Å². The number of piperazine rings is 1. The van der Waals surface area contributed by atoms with Gasteiger partial charge in [0, 0.05) is 45.6 Å². The van der Waals surface area contributed by atoms with Crippen molar-refractivity contribution < 1.29 is 23.9 Å². The molecule has 0 saturated carbocycles. The molecule has 3 amide bonds. The molecule has 2 saturated heterocycles. The summed E-state index contributed by atoms with van der Waals surface area (Å²) in [6.45, 7) is 10.6. The predicted octanol–water partition coefficient (Wildman–Crippen LogP) is 1.30. The molecular formula is C22H33N5O5. The van der Waals surface area contributed by atoms with Crippen molar-refractivity contribution in [3.8, 4) is 5.75 Å². The van der Waals surface area contributed by atoms with E-state index in [1.807, 2.05) is 26.8 Å². The lowest BCUT2D eigenvalue weighted by Crippen LogP contribution is -2.47. The van der Waals surface area contributed by atoms with Crippen LogP contribution in [0.5, 0.6) is 5.75 Å². The number of aromatic nitrogens is 1. The molecule has 0 spiro atoms. The first-order valence-corrected chi connectivity index (χ1v) is 11.1. The van der Waals surface area contributed by atoms with Gasteiger partial charge in [0.1, 0.15) is 17.2 Å². The van der Waals surface area contributed by atoms with E-state index in [4.69, 9.17) is 9.47 Å². The van der Waals surface area contributed by atoms with Crippen LogP contribution in [-0.4, -0.2) is 78.8 Å². The smallest absolute Gasteiger partial charge is 0.407 e. The van der Waals surface area contributed by atoms with Crippen LogP contribution < -0.4 is 20.3 Å². The van der Waals surface area contributed by atoms with Gasteiger partial charge in [-0.1, -0.05) is 0 Å². The van der Waals surface area contributed by atoms with E-state index >= 15 is 0 Å². The average Bonchev–Trinajstić information content (AvgIpc) is 2.73. The number of anilines is 1. The highest BCUT2D eigenvalue weighted by Gasteiger charge is 2.28. The fraction of sp³-hybridized carbons (Fsp3) is 0.636. The van der Waals surface area contributed by atoms with E-state index in [9.17, 15) is 14.4 Å². The number of pyridine rings is 1. The number of carbonyl (C=O) groups excluding carboxylic acids is 3. The number of piperidine rings is 1. The molecule has 0 bridgehead atoms. The van der Waals surface area contributed by atoms with Crippen molar-refractivity contribution in [1.82, 2.24) is 20.5 Å². The number of imide groups is 1. The van der Waals surface area contributed by atoms with E-state index in [-0.39, 0.29) is 18.4 Å². The number of amides is 3. The molecule has 0 aromatic carbocycles. The molecule has 176 valence electrons. The van der Waals surface area contributed by atoms with E-state index in [1.54, 1.807) is 12.3 Å². The number of hydrogen-bond donors (Lipinski definition) is 2. The number of alkyl carbamates (subject to hydrolysis) is 1. The van der Waals surface area contributed by atoms with E-state index in [1.165, 1.54) is 0 Å². The van der Waals surface area contributed by atoms with Gasteiger partial charge in [-0.05, 0) is 45.9 Å². The lowest BCUT2D eigenvalue weighted by atomic mass is 10.1. The van der Waals surface area contributed by atoms with Gasteiger partial charge in [-0.15, -0.1) is 0 Å². The monoisotopic (exact) mass is 447 g/mol. The highest BCUT2D eigenvalue weighted by atomic mass is 16.6. The van der Waals surface area contributed by atoms with Crippen molar-refractivity contribution >= 4 is 23.7 Å². The molecule has 2 fully saturated rings. The molecule has 32 heavy (non-hydrogen) atoms. The minimum absolute atomic E-state index is 0.262. The Kier molecular flexibility index (Phi) is 7.89. The largest absolute Gasteiger partial charge is 0.479 e. The normalized spacial score (nSPS) is 20.0. The number of nitrogens with zero attached hydrogens (tertiary/aromatic N) is 3. The third kappa shape index (κ3) is 7.37. The molecule has 2 N–H and O–H groups in total. The van der Waals surface area contributed by atoms with Crippen molar-refractivity contribution in [2.45, 2.75) is 51.7 Å². The van der Waals surface area contributed by atoms with Crippen molar-refractivity contribution in [2.24, 2.45) is 0 Å². The van der Waals surface area contributed by atoms with Crippen LogP contribution in [0.15, 0.2) is 18.3 Å². The summed E-state index contributed by atoms with van der Waals surface area (Å²) < 4.78 is 10.9. The minimum Gasteiger partial charge on any atom is -0.479 e. The lowest BCUT2D eigenvalue weighted by Gasteiger charge is -2.35. The van der Waals surface area contributed by atoms with Gasteiger partial charge in [0.2, 0.25) is 5.91 Å². The summed E-state index contributed by atoms with van der Waals surface area (Å²) in [4.78, 5) is 43.8. The molecule has 2 aliphatic rings. The van der Waals surface area contributed by atoms with Gasteiger partial charge in [-0.3, -0.25) is 19.8 Å². The van der Waals surface area contributed by atoms with Crippen LogP contribution in [0.3, 0.4) is 0 Å². The van der Waals surface area contributed by atoms with E-state index < -0.39 is 17.6 Å². The number of nitrogens with one attached hydrogen (secondary N) is 2. The van der Waals surface area contributed by atoms with Crippen LogP contribution in [0.2, 0.25) is 0 Å². The van der Waals surface area contributed by atoms with Gasteiger partial charge in [-0.2, -0.15) is 0 Å². The Labute approximate surface area is 188 Å². The van der Waals surface area contributed by atoms with Crippen LogP contribution in [0.1, 0.15) is 40.0 Å². The summed E-state index contributed by atoms with van der Waals surface area (Å²) in [5.41, 5.74) is -0.482. The highest BCUT2D eigenvalue weighted by molar-refractivity contribution is 5.99. The molecule has 1 aromatic heterocycles. The first-order chi connectivity index (χ1) is 15.2. The molecule has 0 aliphatic carbocycles. The van der Waals surface area contributed by atoms with Crippen LogP contribution in [0, 0.1) is 0 Å². The van der Waals surface area contributed by atoms with Gasteiger partial charge < -0.3 is 19.7 Å². The summed E-state index contributed by atoms with van der Waals surface area (Å²) in [5, 5.41) is 5.08. The zero-order valence-corrected chi connectivity index (χ0v) is 19.1. The van der Waals surface area contributed by atoms with E-state index in [0.29, 0.717) is 18.7 Å². The second-order valence-corrected chi connectivity index (χ2v) is 9.02. The van der Waals surface area contributed by atoms with Gasteiger partial charge in [0.15, 0.2) is 6.10 Å². The minimum atomic E-state index is -0.659. The topological polar surface area (TPSA) is 113 Å². The summed E-state index contributed by atoms with van der Waals surface area (Å²) in [7, 11) is 0. The number of hydrogen-bond acceptors (Lipinski definition) is 8. The van der Waals surface area contributed by atoms with Gasteiger partial charge in [0.05, 0.1) is 6.20 Å². The quantitative estimate of drug-likeness (QED) is 0.475. The van der Waals surface area contributed by atoms with Crippen LogP contribution in [-0.2, 0) is 14.3 Å². The van der Waals surface area contributed by atoms with Gasteiger partial charge in [0.25, 0.3) is 5.91 Å². The lowest BCUT2D eigenvalue weighted by molar-refractivity contribution is -0.138. The Morgan fingerprint density at radius 1 is 1.22 bits per heavy atom. The predicted molar refractivity (Wildman–Crippen MR) is 119 cm³/mol. The molecular weight excluding hydrogens is 414 g/mol. The maximum atomic E-state index is 11.8.